The number of thioether (sulfide) groups is 1. The summed E-state index contributed by atoms with van der Waals surface area (Å²) in [4.78, 5) is 3.83. The first-order chi connectivity index (χ1) is 11.3. The molecule has 1 aromatic heterocycles. The van der Waals surface area contributed by atoms with Crippen LogP contribution < -0.4 is 0 Å². The van der Waals surface area contributed by atoms with Gasteiger partial charge in [-0.15, -0.1) is 11.3 Å². The van der Waals surface area contributed by atoms with Crippen LogP contribution in [0.2, 0.25) is 0 Å². The number of phenolic OH excluding ortho intramolecular Hbond substituents is 1. The lowest BCUT2D eigenvalue weighted by molar-refractivity contribution is 0.249. The Balaban J connectivity index is 1.91. The van der Waals surface area contributed by atoms with Gasteiger partial charge in [0.15, 0.2) is 0 Å². The molecule has 1 atom stereocenters. The molecule has 0 bridgehead atoms. The molecule has 1 saturated heterocycles. The van der Waals surface area contributed by atoms with Crippen LogP contribution in [-0.4, -0.2) is 34.6 Å². The fraction of sp³-hybridized carbons (Fsp3) is 0.263. The maximum Gasteiger partial charge on any atom is 0.121 e. The molecule has 2 heterocycles. The highest BCUT2D eigenvalue weighted by atomic mass is 32.2. The van der Waals surface area contributed by atoms with Crippen molar-refractivity contribution in [2.24, 2.45) is 0 Å². The number of hydrogen-bond donors (Lipinski definition) is 1. The fourth-order valence-electron chi connectivity index (χ4n) is 3.36. The van der Waals surface area contributed by atoms with E-state index in [-0.39, 0.29) is 6.04 Å². The van der Waals surface area contributed by atoms with Crippen molar-refractivity contribution in [1.82, 2.24) is 4.90 Å². The van der Waals surface area contributed by atoms with Crippen LogP contribution in [0.1, 0.15) is 16.5 Å². The van der Waals surface area contributed by atoms with Gasteiger partial charge in [0.05, 0.1) is 6.04 Å². The molecule has 4 heteroatoms. The van der Waals surface area contributed by atoms with E-state index in [0.29, 0.717) is 5.75 Å². The van der Waals surface area contributed by atoms with Gasteiger partial charge in [0, 0.05) is 35.0 Å². The lowest BCUT2D eigenvalue weighted by atomic mass is 9.95. The monoisotopic (exact) mass is 341 g/mol. The molecule has 1 unspecified atom stereocenters. The van der Waals surface area contributed by atoms with Crippen LogP contribution in [0.3, 0.4) is 0 Å². The summed E-state index contributed by atoms with van der Waals surface area (Å²) in [7, 11) is 0. The molecule has 118 valence electrons. The molecule has 0 saturated carbocycles. The summed E-state index contributed by atoms with van der Waals surface area (Å²) in [6.07, 6.45) is 0. The van der Waals surface area contributed by atoms with Crippen molar-refractivity contribution < 1.29 is 5.11 Å². The molecular formula is C19H19NOS2. The Bertz CT molecular complexity index is 794. The van der Waals surface area contributed by atoms with E-state index in [0.717, 1.165) is 35.5 Å². The van der Waals surface area contributed by atoms with E-state index in [2.05, 4.69) is 46.7 Å². The Morgan fingerprint density at radius 2 is 1.78 bits per heavy atom. The molecule has 0 radical (unpaired) electrons. The van der Waals surface area contributed by atoms with Gasteiger partial charge in [-0.2, -0.15) is 11.8 Å². The highest BCUT2D eigenvalue weighted by Crippen LogP contribution is 2.41. The van der Waals surface area contributed by atoms with E-state index in [1.807, 2.05) is 23.9 Å². The van der Waals surface area contributed by atoms with E-state index >= 15 is 0 Å². The Hall–Kier alpha value is -1.49. The van der Waals surface area contributed by atoms with Crippen molar-refractivity contribution >= 4 is 33.9 Å². The average molecular weight is 342 g/mol. The molecule has 0 amide bonds. The van der Waals surface area contributed by atoms with Gasteiger partial charge in [-0.1, -0.05) is 36.4 Å². The lowest BCUT2D eigenvalue weighted by Crippen LogP contribution is -2.36. The summed E-state index contributed by atoms with van der Waals surface area (Å²) in [6.45, 7) is 2.13. The molecule has 1 fully saturated rings. The molecule has 0 spiro atoms. The number of nitrogens with zero attached hydrogens (tertiary/aromatic N) is 1. The third-order valence-corrected chi connectivity index (χ3v) is 6.31. The SMILES string of the molecule is Oc1ccc2ccccc2c1C(c1cccs1)N1CCSCC1. The number of thiophene rings is 1. The van der Waals surface area contributed by atoms with Crippen LogP contribution in [0.15, 0.2) is 53.9 Å². The molecule has 3 aromatic rings. The maximum atomic E-state index is 10.7. The highest BCUT2D eigenvalue weighted by Gasteiger charge is 2.28. The topological polar surface area (TPSA) is 23.5 Å². The number of aromatic hydroxyl groups is 1. The minimum absolute atomic E-state index is 0.141. The van der Waals surface area contributed by atoms with Gasteiger partial charge in [0.2, 0.25) is 0 Å². The van der Waals surface area contributed by atoms with Gasteiger partial charge in [-0.05, 0) is 28.3 Å². The van der Waals surface area contributed by atoms with E-state index < -0.39 is 0 Å². The largest absolute Gasteiger partial charge is 0.508 e. The van der Waals surface area contributed by atoms with Crippen molar-refractivity contribution in [2.75, 3.05) is 24.6 Å². The standard InChI is InChI=1S/C19H19NOS2/c21-16-8-7-14-4-1-2-5-15(14)18(16)19(17-6-3-11-23-17)20-9-12-22-13-10-20/h1-8,11,19,21H,9-10,12-13H2. The third kappa shape index (κ3) is 2.87. The lowest BCUT2D eigenvalue weighted by Gasteiger charge is -2.35. The van der Waals surface area contributed by atoms with Gasteiger partial charge in [0.1, 0.15) is 5.75 Å². The fourth-order valence-corrected chi connectivity index (χ4v) is 5.16. The number of benzene rings is 2. The van der Waals surface area contributed by atoms with Crippen LogP contribution in [0.4, 0.5) is 0 Å². The summed E-state index contributed by atoms with van der Waals surface area (Å²) >= 11 is 3.79. The van der Waals surface area contributed by atoms with E-state index in [1.54, 1.807) is 11.3 Å². The Kier molecular flexibility index (Phi) is 4.29. The first-order valence-electron chi connectivity index (χ1n) is 7.90. The van der Waals surface area contributed by atoms with Crippen LogP contribution >= 0.6 is 23.1 Å². The first kappa shape index (κ1) is 15.1. The second-order valence-corrected chi connectivity index (χ2v) is 7.99. The summed E-state index contributed by atoms with van der Waals surface area (Å²) in [5.41, 5.74) is 1.05. The number of hydrogen-bond acceptors (Lipinski definition) is 4. The minimum Gasteiger partial charge on any atom is -0.508 e. The molecule has 1 N–H and O–H groups in total. The van der Waals surface area contributed by atoms with Crippen molar-refractivity contribution in [3.8, 4) is 5.75 Å². The smallest absolute Gasteiger partial charge is 0.121 e. The van der Waals surface area contributed by atoms with Crippen LogP contribution in [-0.2, 0) is 0 Å². The first-order valence-corrected chi connectivity index (χ1v) is 9.94. The molecule has 23 heavy (non-hydrogen) atoms. The van der Waals surface area contributed by atoms with Crippen molar-refractivity contribution in [3.63, 3.8) is 0 Å². The molecule has 1 aliphatic heterocycles. The van der Waals surface area contributed by atoms with Crippen molar-refractivity contribution in [3.05, 3.63) is 64.4 Å². The second-order valence-electron chi connectivity index (χ2n) is 5.79. The predicted octanol–water partition coefficient (Wildman–Crippen LogP) is 4.75. The summed E-state index contributed by atoms with van der Waals surface area (Å²) < 4.78 is 0. The van der Waals surface area contributed by atoms with Crippen molar-refractivity contribution in [1.29, 1.82) is 0 Å². The molecule has 1 aliphatic rings. The van der Waals surface area contributed by atoms with E-state index in [9.17, 15) is 5.11 Å². The minimum atomic E-state index is 0.141. The molecule has 0 aliphatic carbocycles. The summed E-state index contributed by atoms with van der Waals surface area (Å²) in [5, 5.41) is 15.2. The maximum absolute atomic E-state index is 10.7. The number of rotatable bonds is 3. The molecule has 4 rings (SSSR count). The zero-order valence-corrected chi connectivity index (χ0v) is 14.4. The Morgan fingerprint density at radius 1 is 0.957 bits per heavy atom. The van der Waals surface area contributed by atoms with Gasteiger partial charge >= 0.3 is 0 Å². The third-order valence-electron chi connectivity index (χ3n) is 4.44. The number of fused-ring (bicyclic) bond motifs is 1. The van der Waals surface area contributed by atoms with E-state index in [1.165, 1.54) is 10.3 Å². The van der Waals surface area contributed by atoms with Crippen molar-refractivity contribution in [2.45, 2.75) is 6.04 Å². The zero-order chi connectivity index (χ0) is 15.6. The van der Waals surface area contributed by atoms with Crippen LogP contribution in [0.25, 0.3) is 10.8 Å². The molecule has 2 nitrogen and oxygen atoms in total. The quantitative estimate of drug-likeness (QED) is 0.744. The van der Waals surface area contributed by atoms with Gasteiger partial charge in [0.25, 0.3) is 0 Å². The predicted molar refractivity (Wildman–Crippen MR) is 101 cm³/mol. The van der Waals surface area contributed by atoms with Crippen LogP contribution in [0.5, 0.6) is 5.75 Å². The summed E-state index contributed by atoms with van der Waals surface area (Å²) in [6, 6.07) is 16.7. The molecule has 2 aromatic carbocycles. The van der Waals surface area contributed by atoms with Gasteiger partial charge in [-0.25, -0.2) is 0 Å². The highest BCUT2D eigenvalue weighted by molar-refractivity contribution is 7.99. The second kappa shape index (κ2) is 6.56. The average Bonchev–Trinajstić information content (AvgIpc) is 3.12. The normalized spacial score (nSPS) is 17.4. The Labute approximate surface area is 144 Å². The Morgan fingerprint density at radius 3 is 2.57 bits per heavy atom. The summed E-state index contributed by atoms with van der Waals surface area (Å²) in [5.74, 6) is 2.72. The zero-order valence-electron chi connectivity index (χ0n) is 12.8. The number of phenols is 1. The van der Waals surface area contributed by atoms with Gasteiger partial charge in [-0.3, -0.25) is 4.90 Å². The molecular weight excluding hydrogens is 322 g/mol. The van der Waals surface area contributed by atoms with Crippen LogP contribution in [0, 0.1) is 0 Å². The van der Waals surface area contributed by atoms with E-state index in [4.69, 9.17) is 0 Å². The van der Waals surface area contributed by atoms with Gasteiger partial charge < -0.3 is 5.11 Å².